The van der Waals surface area contributed by atoms with Crippen molar-refractivity contribution in [3.63, 3.8) is 0 Å². The second kappa shape index (κ2) is 4.45. The summed E-state index contributed by atoms with van der Waals surface area (Å²) in [6.45, 7) is 1.57. The van der Waals surface area contributed by atoms with Gasteiger partial charge in [-0.05, 0) is 31.2 Å². The molecule has 0 radical (unpaired) electrons. The first-order valence-electron chi connectivity index (χ1n) is 4.12. The largest absolute Gasteiger partial charge is 0.478 e. The number of carbonyl (C=O) groups is 1. The third-order valence-corrected chi connectivity index (χ3v) is 1.56. The summed E-state index contributed by atoms with van der Waals surface area (Å²) in [5.74, 6) is 4.33. The quantitative estimate of drug-likeness (QED) is 0.652. The third-order valence-electron chi connectivity index (χ3n) is 1.56. The SMILES string of the molecule is C[C@@H](O)C#Cc1ccc(C(=O)O)cc1. The number of benzene rings is 1. The maximum Gasteiger partial charge on any atom is 0.335 e. The number of aromatic carboxylic acids is 1. The Hall–Kier alpha value is -1.79. The van der Waals surface area contributed by atoms with Gasteiger partial charge in [0.05, 0.1) is 5.56 Å². The summed E-state index contributed by atoms with van der Waals surface area (Å²) in [5.41, 5.74) is 0.920. The molecule has 0 bridgehead atoms. The van der Waals surface area contributed by atoms with Crippen LogP contribution < -0.4 is 0 Å². The summed E-state index contributed by atoms with van der Waals surface area (Å²) >= 11 is 0. The van der Waals surface area contributed by atoms with E-state index in [2.05, 4.69) is 11.8 Å². The zero-order chi connectivity index (χ0) is 10.6. The average molecular weight is 190 g/mol. The number of hydrogen-bond donors (Lipinski definition) is 2. The van der Waals surface area contributed by atoms with E-state index in [0.29, 0.717) is 5.56 Å². The molecule has 0 saturated heterocycles. The molecule has 2 N–H and O–H groups in total. The smallest absolute Gasteiger partial charge is 0.335 e. The van der Waals surface area contributed by atoms with Crippen molar-refractivity contribution in [2.45, 2.75) is 13.0 Å². The second-order valence-corrected chi connectivity index (χ2v) is 2.83. The lowest BCUT2D eigenvalue weighted by atomic mass is 10.1. The highest BCUT2D eigenvalue weighted by Crippen LogP contribution is 2.02. The van der Waals surface area contributed by atoms with Crippen LogP contribution in [0, 0.1) is 11.8 Å². The summed E-state index contributed by atoms with van der Waals surface area (Å²) in [6, 6.07) is 6.18. The van der Waals surface area contributed by atoms with Gasteiger partial charge in [-0.15, -0.1) is 0 Å². The van der Waals surface area contributed by atoms with E-state index in [-0.39, 0.29) is 5.56 Å². The Morgan fingerprint density at radius 1 is 1.36 bits per heavy atom. The highest BCUT2D eigenvalue weighted by atomic mass is 16.4. The fourth-order valence-electron chi connectivity index (χ4n) is 0.884. The predicted molar refractivity (Wildman–Crippen MR) is 52.0 cm³/mol. The Morgan fingerprint density at radius 3 is 2.36 bits per heavy atom. The standard InChI is InChI=1S/C11H10O3/c1-8(12)2-3-9-4-6-10(7-5-9)11(13)14/h4-8,12H,1H3,(H,13,14)/t8-/m1/s1. The van der Waals surface area contributed by atoms with E-state index in [0.717, 1.165) is 0 Å². The monoisotopic (exact) mass is 190 g/mol. The van der Waals surface area contributed by atoms with E-state index >= 15 is 0 Å². The van der Waals surface area contributed by atoms with Crippen LogP contribution in [-0.4, -0.2) is 22.3 Å². The van der Waals surface area contributed by atoms with Gasteiger partial charge in [0.25, 0.3) is 0 Å². The van der Waals surface area contributed by atoms with Crippen LogP contribution in [0.3, 0.4) is 0 Å². The van der Waals surface area contributed by atoms with Crippen LogP contribution in [0.15, 0.2) is 24.3 Å². The minimum atomic E-state index is -0.958. The normalized spacial score (nSPS) is 11.3. The molecular weight excluding hydrogens is 180 g/mol. The van der Waals surface area contributed by atoms with Crippen molar-refractivity contribution in [3.8, 4) is 11.8 Å². The van der Waals surface area contributed by atoms with Gasteiger partial charge in [0, 0.05) is 5.56 Å². The van der Waals surface area contributed by atoms with Gasteiger partial charge in [0.1, 0.15) is 6.10 Å². The molecule has 0 amide bonds. The van der Waals surface area contributed by atoms with E-state index in [1.54, 1.807) is 19.1 Å². The second-order valence-electron chi connectivity index (χ2n) is 2.83. The molecule has 0 unspecified atom stereocenters. The van der Waals surface area contributed by atoms with Crippen LogP contribution in [0.5, 0.6) is 0 Å². The average Bonchev–Trinajstić information content (AvgIpc) is 2.15. The van der Waals surface area contributed by atoms with Crippen LogP contribution in [0.4, 0.5) is 0 Å². The lowest BCUT2D eigenvalue weighted by molar-refractivity contribution is 0.0697. The van der Waals surface area contributed by atoms with E-state index in [9.17, 15) is 4.79 Å². The Kier molecular flexibility index (Phi) is 3.27. The highest BCUT2D eigenvalue weighted by Gasteiger charge is 1.99. The Balaban J connectivity index is 2.85. The van der Waals surface area contributed by atoms with Gasteiger partial charge >= 0.3 is 5.97 Å². The number of aliphatic hydroxyl groups is 1. The minimum Gasteiger partial charge on any atom is -0.478 e. The number of aliphatic hydroxyl groups excluding tert-OH is 1. The van der Waals surface area contributed by atoms with Crippen LogP contribution in [0.1, 0.15) is 22.8 Å². The topological polar surface area (TPSA) is 57.5 Å². The molecule has 72 valence electrons. The Labute approximate surface area is 82.0 Å². The molecule has 1 aromatic rings. The van der Waals surface area contributed by atoms with Gasteiger partial charge in [0.15, 0.2) is 0 Å². The molecule has 0 aromatic heterocycles. The van der Waals surface area contributed by atoms with E-state index in [1.807, 2.05) is 0 Å². The lowest BCUT2D eigenvalue weighted by Gasteiger charge is -1.94. The van der Waals surface area contributed by atoms with Gasteiger partial charge in [0.2, 0.25) is 0 Å². The molecule has 0 saturated carbocycles. The molecule has 0 aliphatic carbocycles. The van der Waals surface area contributed by atoms with Gasteiger partial charge in [-0.1, -0.05) is 11.8 Å². The van der Waals surface area contributed by atoms with Gasteiger partial charge in [-0.25, -0.2) is 4.79 Å². The van der Waals surface area contributed by atoms with Crippen molar-refractivity contribution < 1.29 is 15.0 Å². The van der Waals surface area contributed by atoms with Crippen molar-refractivity contribution in [2.24, 2.45) is 0 Å². The molecule has 0 aliphatic heterocycles. The Bertz CT molecular complexity index is 379. The van der Waals surface area contributed by atoms with Crippen LogP contribution in [0.25, 0.3) is 0 Å². The molecule has 14 heavy (non-hydrogen) atoms. The summed E-state index contributed by atoms with van der Waals surface area (Å²) in [6.07, 6.45) is -0.672. The molecule has 0 spiro atoms. The van der Waals surface area contributed by atoms with Gasteiger partial charge in [-0.2, -0.15) is 0 Å². The van der Waals surface area contributed by atoms with Gasteiger partial charge < -0.3 is 10.2 Å². The van der Waals surface area contributed by atoms with E-state index in [4.69, 9.17) is 10.2 Å². The first-order valence-corrected chi connectivity index (χ1v) is 4.12. The molecule has 0 fully saturated rings. The lowest BCUT2D eigenvalue weighted by Crippen LogP contribution is -1.95. The van der Waals surface area contributed by atoms with Crippen molar-refractivity contribution >= 4 is 5.97 Å². The molecular formula is C11H10O3. The molecule has 1 rings (SSSR count). The molecule has 0 heterocycles. The highest BCUT2D eigenvalue weighted by molar-refractivity contribution is 5.87. The number of rotatable bonds is 1. The number of carboxylic acid groups (broad SMARTS) is 1. The zero-order valence-electron chi connectivity index (χ0n) is 7.69. The van der Waals surface area contributed by atoms with Crippen molar-refractivity contribution in [2.75, 3.05) is 0 Å². The summed E-state index contributed by atoms with van der Waals surface area (Å²) in [7, 11) is 0. The van der Waals surface area contributed by atoms with Crippen molar-refractivity contribution in [3.05, 3.63) is 35.4 Å². The van der Waals surface area contributed by atoms with Crippen LogP contribution in [0.2, 0.25) is 0 Å². The first kappa shape index (κ1) is 10.3. The maximum absolute atomic E-state index is 10.5. The van der Waals surface area contributed by atoms with Crippen LogP contribution in [-0.2, 0) is 0 Å². The fraction of sp³-hybridized carbons (Fsp3) is 0.182. The first-order chi connectivity index (χ1) is 6.59. The maximum atomic E-state index is 10.5. The Morgan fingerprint density at radius 2 is 1.93 bits per heavy atom. The molecule has 3 heteroatoms. The van der Waals surface area contributed by atoms with Crippen molar-refractivity contribution in [1.82, 2.24) is 0 Å². The molecule has 1 atom stereocenters. The summed E-state index contributed by atoms with van der Waals surface area (Å²) < 4.78 is 0. The minimum absolute atomic E-state index is 0.229. The van der Waals surface area contributed by atoms with Crippen LogP contribution >= 0.6 is 0 Å². The summed E-state index contributed by atoms with van der Waals surface area (Å²) in [4.78, 5) is 10.5. The number of carboxylic acids is 1. The van der Waals surface area contributed by atoms with Crippen molar-refractivity contribution in [1.29, 1.82) is 0 Å². The fourth-order valence-corrected chi connectivity index (χ4v) is 0.884. The van der Waals surface area contributed by atoms with Gasteiger partial charge in [-0.3, -0.25) is 0 Å². The molecule has 3 nitrogen and oxygen atoms in total. The van der Waals surface area contributed by atoms with E-state index < -0.39 is 12.1 Å². The molecule has 1 aromatic carbocycles. The summed E-state index contributed by atoms with van der Waals surface area (Å²) in [5, 5.41) is 17.5. The predicted octanol–water partition coefficient (Wildman–Crippen LogP) is 1.12. The molecule has 0 aliphatic rings. The zero-order valence-corrected chi connectivity index (χ0v) is 7.69. The number of hydrogen-bond acceptors (Lipinski definition) is 2. The van der Waals surface area contributed by atoms with E-state index in [1.165, 1.54) is 12.1 Å². The third kappa shape index (κ3) is 2.92.